The fraction of sp³-hybridized carbons (Fsp3) is 0.909. The van der Waals surface area contributed by atoms with Gasteiger partial charge in [0.1, 0.15) is 5.78 Å². The molecule has 1 aliphatic rings. The van der Waals surface area contributed by atoms with E-state index >= 15 is 0 Å². The van der Waals surface area contributed by atoms with E-state index in [4.69, 9.17) is 5.11 Å². The van der Waals surface area contributed by atoms with Gasteiger partial charge in [0, 0.05) is 12.5 Å². The van der Waals surface area contributed by atoms with Crippen LogP contribution in [0.5, 0.6) is 0 Å². The molecule has 1 saturated carbocycles. The van der Waals surface area contributed by atoms with Crippen molar-refractivity contribution in [1.82, 2.24) is 0 Å². The highest BCUT2D eigenvalue weighted by Gasteiger charge is 2.26. The molecule has 0 amide bonds. The monoisotopic (exact) mass is 184 g/mol. The van der Waals surface area contributed by atoms with E-state index in [1.165, 1.54) is 32.1 Å². The summed E-state index contributed by atoms with van der Waals surface area (Å²) in [6, 6.07) is 0. The van der Waals surface area contributed by atoms with Gasteiger partial charge in [-0.25, -0.2) is 0 Å². The van der Waals surface area contributed by atoms with E-state index in [1.807, 2.05) is 0 Å². The van der Waals surface area contributed by atoms with Gasteiger partial charge in [0.05, 0.1) is 0 Å². The number of Topliss-reactive ketones (excluding diaryl/α,β-unsaturated/α-hetero) is 1. The minimum absolute atomic E-state index is 0.130. The van der Waals surface area contributed by atoms with Crippen LogP contribution in [-0.4, -0.2) is 17.5 Å². The van der Waals surface area contributed by atoms with Crippen LogP contribution in [0.3, 0.4) is 0 Å². The third kappa shape index (κ3) is 3.11. The smallest absolute Gasteiger partial charge is 0.133 e. The van der Waals surface area contributed by atoms with Crippen molar-refractivity contribution in [3.63, 3.8) is 0 Å². The maximum Gasteiger partial charge on any atom is 0.133 e. The van der Waals surface area contributed by atoms with Gasteiger partial charge in [0.15, 0.2) is 0 Å². The van der Waals surface area contributed by atoms with Gasteiger partial charge >= 0.3 is 0 Å². The lowest BCUT2D eigenvalue weighted by Crippen LogP contribution is -2.25. The predicted molar refractivity (Wildman–Crippen MR) is 52.4 cm³/mol. The Balaban J connectivity index is 2.46. The molecular weight excluding hydrogens is 164 g/mol. The van der Waals surface area contributed by atoms with E-state index in [-0.39, 0.29) is 18.3 Å². The number of aliphatic hydroxyl groups excluding tert-OH is 1. The van der Waals surface area contributed by atoms with Gasteiger partial charge in [-0.15, -0.1) is 0 Å². The van der Waals surface area contributed by atoms with Crippen LogP contribution in [-0.2, 0) is 4.79 Å². The number of hydrogen-bond acceptors (Lipinski definition) is 2. The topological polar surface area (TPSA) is 37.3 Å². The fourth-order valence-corrected chi connectivity index (χ4v) is 2.45. The van der Waals surface area contributed by atoms with E-state index in [0.717, 1.165) is 0 Å². The Morgan fingerprint density at radius 2 is 2.00 bits per heavy atom. The van der Waals surface area contributed by atoms with Crippen molar-refractivity contribution in [2.75, 3.05) is 6.61 Å². The summed E-state index contributed by atoms with van der Waals surface area (Å²) in [5, 5.41) is 8.86. The summed E-state index contributed by atoms with van der Waals surface area (Å²) >= 11 is 0. The van der Waals surface area contributed by atoms with E-state index in [2.05, 4.69) is 0 Å². The molecule has 0 saturated heterocycles. The summed E-state index contributed by atoms with van der Waals surface area (Å²) in [5.41, 5.74) is 0. The lowest BCUT2D eigenvalue weighted by molar-refractivity contribution is -0.123. The van der Waals surface area contributed by atoms with E-state index in [1.54, 1.807) is 6.92 Å². The van der Waals surface area contributed by atoms with Crippen LogP contribution in [0.15, 0.2) is 0 Å². The summed E-state index contributed by atoms with van der Waals surface area (Å²) in [4.78, 5) is 11.3. The first kappa shape index (κ1) is 10.7. The van der Waals surface area contributed by atoms with Gasteiger partial charge in [0.25, 0.3) is 0 Å². The minimum atomic E-state index is 0.130. The normalized spacial score (nSPS) is 21.4. The van der Waals surface area contributed by atoms with Gasteiger partial charge in [-0.2, -0.15) is 0 Å². The van der Waals surface area contributed by atoms with Crippen LogP contribution in [0.25, 0.3) is 0 Å². The Kier molecular flexibility index (Phi) is 4.43. The predicted octanol–water partition coefficient (Wildman–Crippen LogP) is 2.15. The molecule has 1 N–H and O–H groups in total. The molecule has 13 heavy (non-hydrogen) atoms. The third-order valence-electron chi connectivity index (χ3n) is 3.18. The molecule has 0 aromatic heterocycles. The van der Waals surface area contributed by atoms with Crippen molar-refractivity contribution in [2.45, 2.75) is 45.4 Å². The van der Waals surface area contributed by atoms with Gasteiger partial charge in [-0.1, -0.05) is 19.3 Å². The van der Waals surface area contributed by atoms with Crippen LogP contribution in [0.4, 0.5) is 0 Å². The second kappa shape index (κ2) is 5.38. The van der Waals surface area contributed by atoms with Gasteiger partial charge < -0.3 is 5.11 Å². The number of ketones is 1. The molecule has 0 radical (unpaired) electrons. The van der Waals surface area contributed by atoms with E-state index < -0.39 is 0 Å². The zero-order valence-electron chi connectivity index (χ0n) is 8.46. The molecule has 0 aromatic rings. The molecule has 2 nitrogen and oxygen atoms in total. The summed E-state index contributed by atoms with van der Waals surface area (Å²) in [7, 11) is 0. The SMILES string of the molecule is CC(=O)C(CCO)C1CCCCC1. The highest BCUT2D eigenvalue weighted by atomic mass is 16.3. The summed E-state index contributed by atoms with van der Waals surface area (Å²) in [5.74, 6) is 0.949. The Labute approximate surface area is 80.3 Å². The largest absolute Gasteiger partial charge is 0.396 e. The third-order valence-corrected chi connectivity index (χ3v) is 3.18. The van der Waals surface area contributed by atoms with Crippen molar-refractivity contribution in [3.05, 3.63) is 0 Å². The Hall–Kier alpha value is -0.370. The second-order valence-electron chi connectivity index (χ2n) is 4.13. The first-order valence-electron chi connectivity index (χ1n) is 5.37. The van der Waals surface area contributed by atoms with Crippen LogP contribution in [0.2, 0.25) is 0 Å². The van der Waals surface area contributed by atoms with Crippen molar-refractivity contribution in [2.24, 2.45) is 11.8 Å². The van der Waals surface area contributed by atoms with Gasteiger partial charge in [-0.05, 0) is 32.1 Å². The van der Waals surface area contributed by atoms with E-state index in [0.29, 0.717) is 12.3 Å². The van der Waals surface area contributed by atoms with Gasteiger partial charge in [0.2, 0.25) is 0 Å². The average molecular weight is 184 g/mol. The first-order valence-corrected chi connectivity index (χ1v) is 5.37. The van der Waals surface area contributed by atoms with Crippen LogP contribution in [0, 0.1) is 11.8 Å². The fourth-order valence-electron chi connectivity index (χ4n) is 2.45. The number of hydrogen-bond donors (Lipinski definition) is 1. The molecule has 1 atom stereocenters. The minimum Gasteiger partial charge on any atom is -0.396 e. The summed E-state index contributed by atoms with van der Waals surface area (Å²) < 4.78 is 0. The highest BCUT2D eigenvalue weighted by Crippen LogP contribution is 2.32. The average Bonchev–Trinajstić information content (AvgIpc) is 2.15. The molecule has 76 valence electrons. The molecule has 0 aromatic carbocycles. The molecular formula is C11H20O2. The molecule has 1 unspecified atom stereocenters. The first-order chi connectivity index (χ1) is 6.25. The number of rotatable bonds is 4. The summed E-state index contributed by atoms with van der Waals surface area (Å²) in [6.45, 7) is 1.82. The maximum absolute atomic E-state index is 11.3. The molecule has 0 spiro atoms. The Bertz CT molecular complexity index is 159. The lowest BCUT2D eigenvalue weighted by atomic mass is 9.77. The molecule has 0 heterocycles. The highest BCUT2D eigenvalue weighted by molar-refractivity contribution is 5.78. The Morgan fingerprint density at radius 3 is 2.46 bits per heavy atom. The molecule has 1 rings (SSSR count). The maximum atomic E-state index is 11.3. The number of carbonyl (C=O) groups excluding carboxylic acids is 1. The van der Waals surface area contributed by atoms with Crippen LogP contribution >= 0.6 is 0 Å². The molecule has 0 bridgehead atoms. The van der Waals surface area contributed by atoms with Crippen LogP contribution in [0.1, 0.15) is 45.4 Å². The van der Waals surface area contributed by atoms with Gasteiger partial charge in [-0.3, -0.25) is 4.79 Å². The van der Waals surface area contributed by atoms with Crippen molar-refractivity contribution < 1.29 is 9.90 Å². The zero-order valence-corrected chi connectivity index (χ0v) is 8.46. The van der Waals surface area contributed by atoms with E-state index in [9.17, 15) is 4.79 Å². The van der Waals surface area contributed by atoms with Crippen molar-refractivity contribution in [3.8, 4) is 0 Å². The second-order valence-corrected chi connectivity index (χ2v) is 4.13. The molecule has 1 fully saturated rings. The standard InChI is InChI=1S/C11H20O2/c1-9(13)11(7-8-12)10-5-3-2-4-6-10/h10-12H,2-8H2,1H3. The summed E-state index contributed by atoms with van der Waals surface area (Å²) in [6.07, 6.45) is 6.88. The molecule has 1 aliphatic carbocycles. The lowest BCUT2D eigenvalue weighted by Gasteiger charge is -2.28. The van der Waals surface area contributed by atoms with Crippen molar-refractivity contribution >= 4 is 5.78 Å². The molecule has 0 aliphatic heterocycles. The molecule has 2 heteroatoms. The number of carbonyl (C=O) groups is 1. The quantitative estimate of drug-likeness (QED) is 0.727. The Morgan fingerprint density at radius 1 is 1.38 bits per heavy atom. The van der Waals surface area contributed by atoms with Crippen LogP contribution < -0.4 is 0 Å². The zero-order chi connectivity index (χ0) is 9.68. The number of aliphatic hydroxyl groups is 1. The van der Waals surface area contributed by atoms with Crippen molar-refractivity contribution in [1.29, 1.82) is 0 Å².